The highest BCUT2D eigenvalue weighted by Gasteiger charge is 2.18. The molecule has 0 saturated carbocycles. The number of allylic oxidation sites excluding steroid dienone is 1. The fourth-order valence-electron chi connectivity index (χ4n) is 3.49. The Labute approximate surface area is 186 Å². The molecule has 0 N–H and O–H groups in total. The van der Waals surface area contributed by atoms with E-state index in [0.29, 0.717) is 29.1 Å². The molecule has 0 aliphatic heterocycles. The van der Waals surface area contributed by atoms with Gasteiger partial charge in [0, 0.05) is 22.9 Å². The number of carbonyl (C=O) groups excluding carboxylic acids is 1. The summed E-state index contributed by atoms with van der Waals surface area (Å²) in [5.74, 6) is 0.342. The fraction of sp³-hybridized carbons (Fsp3) is 0.0741. The molecule has 4 rings (SSSR count). The van der Waals surface area contributed by atoms with Gasteiger partial charge in [0.15, 0.2) is 0 Å². The highest BCUT2D eigenvalue weighted by molar-refractivity contribution is 6.14. The molecule has 0 radical (unpaired) electrons. The van der Waals surface area contributed by atoms with E-state index in [0.717, 1.165) is 11.1 Å². The lowest BCUT2D eigenvalue weighted by molar-refractivity contribution is 0.104. The largest absolute Gasteiger partial charge is 0.496 e. The van der Waals surface area contributed by atoms with Crippen LogP contribution in [0.1, 0.15) is 21.5 Å². The first kappa shape index (κ1) is 20.8. The smallest absolute Gasteiger partial charge is 0.203 e. The number of para-hydroxylation sites is 1. The molecular formula is C27H21N3O2. The van der Waals surface area contributed by atoms with Crippen molar-refractivity contribution in [2.24, 2.45) is 0 Å². The van der Waals surface area contributed by atoms with Crippen molar-refractivity contribution < 1.29 is 9.53 Å². The number of ketones is 1. The third kappa shape index (κ3) is 4.50. The number of nitrogens with zero attached hydrogens (tertiary/aromatic N) is 3. The second-order valence-corrected chi connectivity index (χ2v) is 7.18. The summed E-state index contributed by atoms with van der Waals surface area (Å²) in [6.45, 7) is 0.561. The normalized spacial score (nSPS) is 11.1. The minimum atomic E-state index is -0.324. The molecule has 4 aromatic rings. The van der Waals surface area contributed by atoms with Crippen LogP contribution in [0.15, 0.2) is 96.7 Å². The van der Waals surface area contributed by atoms with Gasteiger partial charge in [-0.15, -0.1) is 0 Å². The quantitative estimate of drug-likeness (QED) is 0.229. The van der Waals surface area contributed by atoms with Crippen LogP contribution in [0.5, 0.6) is 5.75 Å². The highest BCUT2D eigenvalue weighted by Crippen LogP contribution is 2.32. The number of ether oxygens (including phenoxy) is 1. The first-order valence-corrected chi connectivity index (χ1v) is 10.2. The van der Waals surface area contributed by atoms with E-state index in [1.165, 1.54) is 0 Å². The van der Waals surface area contributed by atoms with Crippen LogP contribution < -0.4 is 4.74 Å². The van der Waals surface area contributed by atoms with Crippen molar-refractivity contribution >= 4 is 11.9 Å². The first-order valence-electron chi connectivity index (χ1n) is 10.2. The SMILES string of the molecule is COc1ccccc1-c1nn(Cc2ccccc2)cc1/C=C(\C#N)C(=O)c1ccccc1. The van der Waals surface area contributed by atoms with E-state index < -0.39 is 0 Å². The Hall–Kier alpha value is -4.43. The molecule has 0 saturated heterocycles. The molecule has 0 amide bonds. The van der Waals surface area contributed by atoms with E-state index in [1.807, 2.05) is 71.5 Å². The summed E-state index contributed by atoms with van der Waals surface area (Å²) >= 11 is 0. The Morgan fingerprint density at radius 1 is 1.00 bits per heavy atom. The standard InChI is InChI=1S/C27H21N3O2/c1-32-25-15-9-8-14-24(25)26-23(19-30(29-26)18-20-10-4-2-5-11-20)16-22(17-28)27(31)21-12-6-3-7-13-21/h2-16,19H,18H2,1H3/b22-16+. The zero-order chi connectivity index (χ0) is 22.3. The Kier molecular flexibility index (Phi) is 6.24. The van der Waals surface area contributed by atoms with Gasteiger partial charge in [0.25, 0.3) is 0 Å². The van der Waals surface area contributed by atoms with Crippen molar-refractivity contribution in [1.29, 1.82) is 5.26 Å². The van der Waals surface area contributed by atoms with E-state index in [-0.39, 0.29) is 11.4 Å². The third-order valence-corrected chi connectivity index (χ3v) is 5.04. The molecule has 32 heavy (non-hydrogen) atoms. The second kappa shape index (κ2) is 9.59. The number of nitriles is 1. The van der Waals surface area contributed by atoms with Crippen molar-refractivity contribution in [1.82, 2.24) is 9.78 Å². The zero-order valence-electron chi connectivity index (χ0n) is 17.6. The van der Waals surface area contributed by atoms with Crippen LogP contribution in [0.2, 0.25) is 0 Å². The molecule has 0 bridgehead atoms. The number of Topliss-reactive ketones (excluding diaryl/α,β-unsaturated/α-hetero) is 1. The van der Waals surface area contributed by atoms with Crippen molar-refractivity contribution in [3.63, 3.8) is 0 Å². The summed E-state index contributed by atoms with van der Waals surface area (Å²) in [6, 6.07) is 28.4. The molecule has 156 valence electrons. The molecule has 1 heterocycles. The summed E-state index contributed by atoms with van der Waals surface area (Å²) in [5.41, 5.74) is 3.72. The summed E-state index contributed by atoms with van der Waals surface area (Å²) in [5, 5.41) is 14.5. The molecule has 1 aromatic heterocycles. The van der Waals surface area contributed by atoms with E-state index in [1.54, 1.807) is 37.5 Å². The molecule has 0 fully saturated rings. The average Bonchev–Trinajstić information content (AvgIpc) is 3.25. The lowest BCUT2D eigenvalue weighted by Gasteiger charge is -2.07. The minimum absolute atomic E-state index is 0.0478. The Morgan fingerprint density at radius 3 is 2.34 bits per heavy atom. The summed E-state index contributed by atoms with van der Waals surface area (Å²) in [4.78, 5) is 12.9. The molecule has 0 aliphatic carbocycles. The Balaban J connectivity index is 1.81. The van der Waals surface area contributed by atoms with Gasteiger partial charge in [-0.2, -0.15) is 10.4 Å². The summed E-state index contributed by atoms with van der Waals surface area (Å²) < 4.78 is 7.34. The van der Waals surface area contributed by atoms with Gasteiger partial charge >= 0.3 is 0 Å². The van der Waals surface area contributed by atoms with Gasteiger partial charge in [-0.1, -0.05) is 72.8 Å². The molecule has 0 spiro atoms. The Bertz CT molecular complexity index is 1300. The van der Waals surface area contributed by atoms with Crippen LogP contribution >= 0.6 is 0 Å². The van der Waals surface area contributed by atoms with Gasteiger partial charge in [0.2, 0.25) is 5.78 Å². The topological polar surface area (TPSA) is 67.9 Å². The number of methoxy groups -OCH3 is 1. The fourth-order valence-corrected chi connectivity index (χ4v) is 3.49. The van der Waals surface area contributed by atoms with E-state index in [2.05, 4.69) is 6.07 Å². The van der Waals surface area contributed by atoms with Crippen molar-refractivity contribution in [2.45, 2.75) is 6.54 Å². The molecule has 5 heteroatoms. The molecule has 3 aromatic carbocycles. The maximum atomic E-state index is 12.9. The van der Waals surface area contributed by atoms with Gasteiger partial charge in [0.1, 0.15) is 23.1 Å². The summed E-state index contributed by atoms with van der Waals surface area (Å²) in [6.07, 6.45) is 3.45. The second-order valence-electron chi connectivity index (χ2n) is 7.18. The molecule has 0 aliphatic rings. The van der Waals surface area contributed by atoms with Crippen LogP contribution in [-0.2, 0) is 6.54 Å². The van der Waals surface area contributed by atoms with Crippen LogP contribution in [0.3, 0.4) is 0 Å². The van der Waals surface area contributed by atoms with E-state index >= 15 is 0 Å². The monoisotopic (exact) mass is 419 g/mol. The van der Waals surface area contributed by atoms with Gasteiger partial charge in [-0.25, -0.2) is 0 Å². The predicted molar refractivity (Wildman–Crippen MR) is 124 cm³/mol. The molecule has 5 nitrogen and oxygen atoms in total. The Morgan fingerprint density at radius 2 is 1.66 bits per heavy atom. The first-order chi connectivity index (χ1) is 15.7. The van der Waals surface area contributed by atoms with Crippen molar-refractivity contribution in [2.75, 3.05) is 7.11 Å². The van der Waals surface area contributed by atoms with Crippen LogP contribution in [-0.4, -0.2) is 22.7 Å². The van der Waals surface area contributed by atoms with Gasteiger partial charge in [-0.3, -0.25) is 9.48 Å². The van der Waals surface area contributed by atoms with E-state index in [4.69, 9.17) is 9.84 Å². The summed E-state index contributed by atoms with van der Waals surface area (Å²) in [7, 11) is 1.61. The van der Waals surface area contributed by atoms with Gasteiger partial charge in [-0.05, 0) is 23.8 Å². The maximum absolute atomic E-state index is 12.9. The minimum Gasteiger partial charge on any atom is -0.496 e. The number of aromatic nitrogens is 2. The average molecular weight is 419 g/mol. The lowest BCUT2D eigenvalue weighted by atomic mass is 10.0. The molecule has 0 atom stereocenters. The molecule has 0 unspecified atom stereocenters. The van der Waals surface area contributed by atoms with Gasteiger partial charge < -0.3 is 4.74 Å². The maximum Gasteiger partial charge on any atom is 0.203 e. The predicted octanol–water partition coefficient (Wildman–Crippen LogP) is 5.40. The van der Waals surface area contributed by atoms with Crippen molar-refractivity contribution in [3.8, 4) is 23.1 Å². The van der Waals surface area contributed by atoms with E-state index in [9.17, 15) is 10.1 Å². The van der Waals surface area contributed by atoms with Gasteiger partial charge in [0.05, 0.1) is 13.7 Å². The number of carbonyl (C=O) groups is 1. The lowest BCUT2D eigenvalue weighted by Crippen LogP contribution is -2.01. The zero-order valence-corrected chi connectivity index (χ0v) is 17.6. The van der Waals surface area contributed by atoms with Crippen molar-refractivity contribution in [3.05, 3.63) is 113 Å². The number of rotatable bonds is 7. The van der Waals surface area contributed by atoms with Crippen LogP contribution in [0.25, 0.3) is 17.3 Å². The molecular weight excluding hydrogens is 398 g/mol. The number of hydrogen-bond donors (Lipinski definition) is 0. The van der Waals surface area contributed by atoms with Crippen LogP contribution in [0, 0.1) is 11.3 Å². The highest BCUT2D eigenvalue weighted by atomic mass is 16.5. The number of hydrogen-bond acceptors (Lipinski definition) is 4. The third-order valence-electron chi connectivity index (χ3n) is 5.04. The van der Waals surface area contributed by atoms with Crippen LogP contribution in [0.4, 0.5) is 0 Å². The number of benzene rings is 3.